The highest BCUT2D eigenvalue weighted by Crippen LogP contribution is 2.59. The van der Waals surface area contributed by atoms with Crippen LogP contribution < -0.4 is 0 Å². The van der Waals surface area contributed by atoms with E-state index in [-0.39, 0.29) is 16.6 Å². The van der Waals surface area contributed by atoms with Crippen molar-refractivity contribution in [3.63, 3.8) is 0 Å². The summed E-state index contributed by atoms with van der Waals surface area (Å²) in [4.78, 5) is 0. The fraction of sp³-hybridized carbons (Fsp3) is 1.00. The average molecular weight is 409 g/mol. The summed E-state index contributed by atoms with van der Waals surface area (Å²) in [6, 6.07) is 0. The molecule has 168 valence electrons. The SMILES string of the molecule is CC1CC(C)CC(OCC2CO2)(C(C)(C)C2(OCC3CO3)CC(C)CC(C)C2)C1. The van der Waals surface area contributed by atoms with Gasteiger partial charge in [0.2, 0.25) is 0 Å². The summed E-state index contributed by atoms with van der Waals surface area (Å²) in [6.07, 6.45) is 7.73. The molecule has 4 nitrogen and oxygen atoms in total. The Kier molecular flexibility index (Phi) is 6.14. The Bertz CT molecular complexity index is 497. The molecule has 2 aliphatic heterocycles. The smallest absolute Gasteiger partial charge is 0.104 e. The molecule has 0 spiro atoms. The summed E-state index contributed by atoms with van der Waals surface area (Å²) >= 11 is 0. The summed E-state index contributed by atoms with van der Waals surface area (Å²) in [5, 5.41) is 0. The Hall–Kier alpha value is -0.160. The second-order valence-corrected chi connectivity index (χ2v) is 11.9. The monoisotopic (exact) mass is 408 g/mol. The molecule has 4 rings (SSSR count). The van der Waals surface area contributed by atoms with E-state index in [1.807, 2.05) is 0 Å². The number of epoxide rings is 2. The van der Waals surface area contributed by atoms with Gasteiger partial charge in [-0.25, -0.2) is 0 Å². The van der Waals surface area contributed by atoms with Gasteiger partial charge in [0, 0.05) is 5.41 Å². The topological polar surface area (TPSA) is 43.5 Å². The first-order valence-electron chi connectivity index (χ1n) is 12.2. The minimum Gasteiger partial charge on any atom is -0.372 e. The van der Waals surface area contributed by atoms with E-state index in [0.717, 1.165) is 52.1 Å². The molecule has 4 aliphatic rings. The molecule has 0 aromatic carbocycles. The van der Waals surface area contributed by atoms with Crippen LogP contribution >= 0.6 is 0 Å². The van der Waals surface area contributed by atoms with Gasteiger partial charge in [0.05, 0.1) is 37.6 Å². The van der Waals surface area contributed by atoms with E-state index in [1.54, 1.807) is 0 Å². The lowest BCUT2D eigenvalue weighted by Crippen LogP contribution is -2.65. The van der Waals surface area contributed by atoms with Crippen LogP contribution in [0.2, 0.25) is 0 Å². The number of rotatable bonds is 8. The molecular formula is C25H44O4. The first kappa shape index (κ1) is 22.0. The van der Waals surface area contributed by atoms with Crippen molar-refractivity contribution in [1.29, 1.82) is 0 Å². The third-order valence-electron chi connectivity index (χ3n) is 8.50. The minimum atomic E-state index is -0.156. The lowest BCUT2D eigenvalue weighted by molar-refractivity contribution is -0.260. The van der Waals surface area contributed by atoms with E-state index in [4.69, 9.17) is 18.9 Å². The van der Waals surface area contributed by atoms with Crippen molar-refractivity contribution in [2.45, 2.75) is 103 Å². The molecule has 0 bridgehead atoms. The van der Waals surface area contributed by atoms with Crippen molar-refractivity contribution >= 4 is 0 Å². The Morgan fingerprint density at radius 1 is 0.690 bits per heavy atom. The predicted molar refractivity (Wildman–Crippen MR) is 115 cm³/mol. The zero-order valence-electron chi connectivity index (χ0n) is 19.7. The highest BCUT2D eigenvalue weighted by Gasteiger charge is 2.62. The summed E-state index contributed by atoms with van der Waals surface area (Å²) in [5.41, 5.74) is -0.385. The first-order valence-corrected chi connectivity index (χ1v) is 12.2. The van der Waals surface area contributed by atoms with E-state index in [0.29, 0.717) is 35.9 Å². The van der Waals surface area contributed by atoms with Crippen LogP contribution in [-0.2, 0) is 18.9 Å². The van der Waals surface area contributed by atoms with Crippen LogP contribution in [0, 0.1) is 29.1 Å². The highest BCUT2D eigenvalue weighted by molar-refractivity contribution is 5.12. The van der Waals surface area contributed by atoms with E-state index >= 15 is 0 Å². The Morgan fingerprint density at radius 3 is 1.28 bits per heavy atom. The van der Waals surface area contributed by atoms with Crippen molar-refractivity contribution in [3.8, 4) is 0 Å². The lowest BCUT2D eigenvalue weighted by atomic mass is 9.51. The zero-order chi connectivity index (χ0) is 20.9. The van der Waals surface area contributed by atoms with Crippen molar-refractivity contribution in [2.75, 3.05) is 26.4 Å². The van der Waals surface area contributed by atoms with Gasteiger partial charge in [0.1, 0.15) is 12.2 Å². The van der Waals surface area contributed by atoms with E-state index in [1.165, 1.54) is 12.8 Å². The molecule has 0 radical (unpaired) electrons. The Balaban J connectivity index is 1.67. The van der Waals surface area contributed by atoms with E-state index < -0.39 is 0 Å². The molecule has 2 heterocycles. The fourth-order valence-electron chi connectivity index (χ4n) is 6.99. The largest absolute Gasteiger partial charge is 0.372 e. The van der Waals surface area contributed by atoms with Crippen LogP contribution in [0.5, 0.6) is 0 Å². The van der Waals surface area contributed by atoms with E-state index in [9.17, 15) is 0 Å². The molecule has 0 aromatic rings. The van der Waals surface area contributed by atoms with Crippen LogP contribution in [0.3, 0.4) is 0 Å². The quantitative estimate of drug-likeness (QED) is 0.516. The van der Waals surface area contributed by atoms with Crippen LogP contribution in [0.1, 0.15) is 80.1 Å². The molecule has 6 atom stereocenters. The molecule has 2 saturated heterocycles. The van der Waals surface area contributed by atoms with Crippen molar-refractivity contribution in [1.82, 2.24) is 0 Å². The normalized spacial score (nSPS) is 47.8. The standard InChI is InChI=1S/C25H44O4/c1-17-7-18(2)10-24(9-17,28-15-21-13-26-21)23(5,6)25(29-16-22-14-27-22)11-19(3)8-20(4)12-25/h17-22H,7-16H2,1-6H3. The van der Waals surface area contributed by atoms with Gasteiger partial charge in [0.15, 0.2) is 0 Å². The average Bonchev–Trinajstić information content (AvgIpc) is 3.51. The van der Waals surface area contributed by atoms with Crippen molar-refractivity contribution < 1.29 is 18.9 Å². The first-order chi connectivity index (χ1) is 13.6. The summed E-state index contributed by atoms with van der Waals surface area (Å²) in [7, 11) is 0. The molecule has 4 fully saturated rings. The van der Waals surface area contributed by atoms with Crippen LogP contribution in [-0.4, -0.2) is 49.8 Å². The van der Waals surface area contributed by atoms with Crippen molar-refractivity contribution in [3.05, 3.63) is 0 Å². The van der Waals surface area contributed by atoms with Gasteiger partial charge in [-0.3, -0.25) is 0 Å². The fourth-order valence-corrected chi connectivity index (χ4v) is 6.99. The van der Waals surface area contributed by atoms with Gasteiger partial charge >= 0.3 is 0 Å². The molecule has 2 aliphatic carbocycles. The third kappa shape index (κ3) is 4.56. The van der Waals surface area contributed by atoms with Gasteiger partial charge in [0.25, 0.3) is 0 Å². The maximum atomic E-state index is 6.94. The van der Waals surface area contributed by atoms with Crippen LogP contribution in [0.25, 0.3) is 0 Å². The Morgan fingerprint density at radius 2 is 1.00 bits per heavy atom. The molecule has 6 unspecified atom stereocenters. The molecule has 4 heteroatoms. The molecule has 0 aromatic heterocycles. The predicted octanol–water partition coefficient (Wildman–Crippen LogP) is 5.23. The van der Waals surface area contributed by atoms with Crippen LogP contribution in [0.4, 0.5) is 0 Å². The lowest BCUT2D eigenvalue weighted by Gasteiger charge is -2.62. The summed E-state index contributed by atoms with van der Waals surface area (Å²) < 4.78 is 24.9. The minimum absolute atomic E-state index is 0.0737. The molecule has 29 heavy (non-hydrogen) atoms. The van der Waals surface area contributed by atoms with Gasteiger partial charge in [-0.15, -0.1) is 0 Å². The molecular weight excluding hydrogens is 364 g/mol. The third-order valence-corrected chi connectivity index (χ3v) is 8.50. The summed E-state index contributed by atoms with van der Waals surface area (Å²) in [5.74, 6) is 2.72. The second kappa shape index (κ2) is 8.07. The maximum Gasteiger partial charge on any atom is 0.104 e. The summed E-state index contributed by atoms with van der Waals surface area (Å²) in [6.45, 7) is 17.8. The van der Waals surface area contributed by atoms with Gasteiger partial charge in [-0.1, -0.05) is 41.5 Å². The van der Waals surface area contributed by atoms with Crippen molar-refractivity contribution in [2.24, 2.45) is 29.1 Å². The molecule has 0 amide bonds. The second-order valence-electron chi connectivity index (χ2n) is 11.9. The molecule has 2 saturated carbocycles. The van der Waals surface area contributed by atoms with Crippen LogP contribution in [0.15, 0.2) is 0 Å². The Labute approximate surface area is 178 Å². The van der Waals surface area contributed by atoms with Gasteiger partial charge in [-0.05, 0) is 62.2 Å². The highest BCUT2D eigenvalue weighted by atomic mass is 16.6. The molecule has 0 N–H and O–H groups in total. The number of hydrogen-bond donors (Lipinski definition) is 0. The zero-order valence-corrected chi connectivity index (χ0v) is 19.7. The van der Waals surface area contributed by atoms with Gasteiger partial charge in [-0.2, -0.15) is 0 Å². The van der Waals surface area contributed by atoms with Gasteiger partial charge < -0.3 is 18.9 Å². The number of hydrogen-bond acceptors (Lipinski definition) is 4. The maximum absolute atomic E-state index is 6.94. The van der Waals surface area contributed by atoms with E-state index in [2.05, 4.69) is 41.5 Å². The number of ether oxygens (including phenoxy) is 4.